The van der Waals surface area contributed by atoms with E-state index in [9.17, 15) is 8.78 Å². The van der Waals surface area contributed by atoms with Crippen LogP contribution in [0.15, 0.2) is 29.2 Å². The van der Waals surface area contributed by atoms with Gasteiger partial charge in [0.05, 0.1) is 0 Å². The van der Waals surface area contributed by atoms with Gasteiger partial charge in [0.1, 0.15) is 11.9 Å². The van der Waals surface area contributed by atoms with Crippen LogP contribution in [0.1, 0.15) is 0 Å². The summed E-state index contributed by atoms with van der Waals surface area (Å²) in [5, 5.41) is 8.13. The summed E-state index contributed by atoms with van der Waals surface area (Å²) in [7, 11) is 0. The Hall–Kier alpha value is -1.08. The highest BCUT2D eigenvalue weighted by atomic mass is 32.2. The summed E-state index contributed by atoms with van der Waals surface area (Å²) in [6.07, 6.45) is 0. The summed E-state index contributed by atoms with van der Waals surface area (Å²) < 4.78 is 24.8. The number of benzene rings is 1. The van der Waals surface area contributed by atoms with Gasteiger partial charge in [0, 0.05) is 4.90 Å². The number of alkyl halides is 1. The largest absolute Gasteiger partial charge is 0.236 e. The standard InChI is InChI=1S/C8H5F2NS/c9-6-1-3-7(4-2-6)12-8(10)5-11/h1-4,8H. The average molecular weight is 185 g/mol. The van der Waals surface area contributed by atoms with Crippen LogP contribution < -0.4 is 0 Å². The molecule has 1 nitrogen and oxygen atoms in total. The van der Waals surface area contributed by atoms with Gasteiger partial charge in [-0.15, -0.1) is 0 Å². The van der Waals surface area contributed by atoms with Crippen molar-refractivity contribution >= 4 is 11.8 Å². The lowest BCUT2D eigenvalue weighted by atomic mass is 10.4. The van der Waals surface area contributed by atoms with Crippen LogP contribution in [0, 0.1) is 17.1 Å². The highest BCUT2D eigenvalue weighted by Crippen LogP contribution is 2.23. The first-order chi connectivity index (χ1) is 5.72. The van der Waals surface area contributed by atoms with E-state index >= 15 is 0 Å². The fourth-order valence-electron chi connectivity index (χ4n) is 0.659. The molecule has 0 spiro atoms. The van der Waals surface area contributed by atoms with Gasteiger partial charge in [-0.25, -0.2) is 8.78 Å². The Bertz CT molecular complexity index is 291. The van der Waals surface area contributed by atoms with Crippen molar-refractivity contribution in [3.63, 3.8) is 0 Å². The van der Waals surface area contributed by atoms with Crippen molar-refractivity contribution < 1.29 is 8.78 Å². The van der Waals surface area contributed by atoms with Gasteiger partial charge in [-0.1, -0.05) is 11.8 Å². The molecule has 62 valence electrons. The maximum absolute atomic E-state index is 12.4. The molecule has 0 N–H and O–H groups in total. The van der Waals surface area contributed by atoms with E-state index in [1.807, 2.05) is 0 Å². The van der Waals surface area contributed by atoms with Crippen molar-refractivity contribution in [3.8, 4) is 6.07 Å². The molecule has 0 radical (unpaired) electrons. The van der Waals surface area contributed by atoms with Gasteiger partial charge in [-0.05, 0) is 24.3 Å². The Labute approximate surface area is 73.0 Å². The molecule has 0 fully saturated rings. The van der Waals surface area contributed by atoms with Crippen molar-refractivity contribution in [2.75, 3.05) is 0 Å². The zero-order valence-electron chi connectivity index (χ0n) is 6.00. The van der Waals surface area contributed by atoms with Gasteiger partial charge < -0.3 is 0 Å². The van der Waals surface area contributed by atoms with Crippen molar-refractivity contribution in [2.24, 2.45) is 0 Å². The minimum absolute atomic E-state index is 0.369. The molecule has 1 rings (SSSR count). The molecule has 0 bridgehead atoms. The van der Waals surface area contributed by atoms with E-state index in [0.717, 1.165) is 11.8 Å². The molecule has 4 heteroatoms. The van der Waals surface area contributed by atoms with Crippen molar-refractivity contribution in [1.82, 2.24) is 0 Å². The minimum atomic E-state index is -1.59. The Morgan fingerprint density at radius 3 is 2.42 bits per heavy atom. The van der Waals surface area contributed by atoms with Crippen LogP contribution in [0.3, 0.4) is 0 Å². The highest BCUT2D eigenvalue weighted by Gasteiger charge is 2.05. The van der Waals surface area contributed by atoms with E-state index in [4.69, 9.17) is 5.26 Å². The van der Waals surface area contributed by atoms with E-state index in [1.165, 1.54) is 30.3 Å². The molecule has 1 aromatic rings. The normalized spacial score (nSPS) is 12.1. The Balaban J connectivity index is 2.66. The van der Waals surface area contributed by atoms with Crippen LogP contribution in [-0.2, 0) is 0 Å². The molecule has 0 aliphatic carbocycles. The summed E-state index contributed by atoms with van der Waals surface area (Å²) in [4.78, 5) is 0.547. The molecule has 0 aliphatic heterocycles. The third-order valence-corrected chi connectivity index (χ3v) is 2.01. The third kappa shape index (κ3) is 2.51. The second-order valence-electron chi connectivity index (χ2n) is 2.02. The predicted molar refractivity (Wildman–Crippen MR) is 42.8 cm³/mol. The van der Waals surface area contributed by atoms with Crippen LogP contribution in [0.2, 0.25) is 0 Å². The van der Waals surface area contributed by atoms with Gasteiger partial charge in [0.15, 0.2) is 0 Å². The molecular weight excluding hydrogens is 180 g/mol. The number of hydrogen-bond acceptors (Lipinski definition) is 2. The van der Waals surface area contributed by atoms with E-state index in [1.54, 1.807) is 0 Å². The fraction of sp³-hybridized carbons (Fsp3) is 0.125. The smallest absolute Gasteiger partial charge is 0.218 e. The SMILES string of the molecule is N#CC(F)Sc1ccc(F)cc1. The lowest BCUT2D eigenvalue weighted by molar-refractivity contribution is 0.528. The third-order valence-electron chi connectivity index (χ3n) is 1.15. The Morgan fingerprint density at radius 1 is 1.33 bits per heavy atom. The molecule has 0 saturated heterocycles. The number of thioether (sulfide) groups is 1. The molecule has 0 amide bonds. The first-order valence-electron chi connectivity index (χ1n) is 3.18. The van der Waals surface area contributed by atoms with Crippen molar-refractivity contribution in [1.29, 1.82) is 5.26 Å². The summed E-state index contributed by atoms with van der Waals surface area (Å²) >= 11 is 0.758. The Morgan fingerprint density at radius 2 is 1.92 bits per heavy atom. The van der Waals surface area contributed by atoms with E-state index in [-0.39, 0.29) is 5.82 Å². The summed E-state index contributed by atoms with van der Waals surface area (Å²) in [5.74, 6) is -0.369. The number of halogens is 2. The average Bonchev–Trinajstić information content (AvgIpc) is 2.09. The maximum Gasteiger partial charge on any atom is 0.236 e. The van der Waals surface area contributed by atoms with E-state index < -0.39 is 5.50 Å². The second-order valence-corrected chi connectivity index (χ2v) is 3.14. The van der Waals surface area contributed by atoms with Crippen LogP contribution in [0.4, 0.5) is 8.78 Å². The molecule has 1 aromatic carbocycles. The second kappa shape index (κ2) is 4.07. The number of rotatable bonds is 2. The summed E-state index contributed by atoms with van der Waals surface area (Å²) in [6, 6.07) is 6.76. The molecule has 0 heterocycles. The summed E-state index contributed by atoms with van der Waals surface area (Å²) in [5.41, 5.74) is -1.59. The lowest BCUT2D eigenvalue weighted by Crippen LogP contribution is -1.86. The van der Waals surface area contributed by atoms with Crippen molar-refractivity contribution in [3.05, 3.63) is 30.1 Å². The quantitative estimate of drug-likeness (QED) is 0.661. The highest BCUT2D eigenvalue weighted by molar-refractivity contribution is 8.00. The zero-order chi connectivity index (χ0) is 8.97. The number of hydrogen-bond donors (Lipinski definition) is 0. The van der Waals surface area contributed by atoms with Crippen LogP contribution in [0.25, 0.3) is 0 Å². The minimum Gasteiger partial charge on any atom is -0.218 e. The van der Waals surface area contributed by atoms with Crippen LogP contribution >= 0.6 is 11.8 Å². The monoisotopic (exact) mass is 185 g/mol. The molecule has 1 atom stereocenters. The van der Waals surface area contributed by atoms with Gasteiger partial charge in [-0.3, -0.25) is 0 Å². The topological polar surface area (TPSA) is 23.8 Å². The molecule has 0 aromatic heterocycles. The molecule has 1 unspecified atom stereocenters. The maximum atomic E-state index is 12.4. The molecular formula is C8H5F2NS. The van der Waals surface area contributed by atoms with E-state index in [0.29, 0.717) is 4.90 Å². The number of nitriles is 1. The zero-order valence-corrected chi connectivity index (χ0v) is 6.81. The first-order valence-corrected chi connectivity index (χ1v) is 4.06. The molecule has 0 saturated carbocycles. The van der Waals surface area contributed by atoms with Gasteiger partial charge >= 0.3 is 0 Å². The van der Waals surface area contributed by atoms with E-state index in [2.05, 4.69) is 0 Å². The van der Waals surface area contributed by atoms with Crippen LogP contribution in [0.5, 0.6) is 0 Å². The van der Waals surface area contributed by atoms with Gasteiger partial charge in [0.25, 0.3) is 0 Å². The molecule has 0 aliphatic rings. The summed E-state index contributed by atoms with van der Waals surface area (Å²) in [6.45, 7) is 0. The predicted octanol–water partition coefficient (Wildman–Crippen LogP) is 2.74. The molecule has 12 heavy (non-hydrogen) atoms. The first kappa shape index (κ1) is 9.01. The van der Waals surface area contributed by atoms with Gasteiger partial charge in [0.2, 0.25) is 5.50 Å². The lowest BCUT2D eigenvalue weighted by Gasteiger charge is -1.98. The number of nitrogens with zero attached hydrogens (tertiary/aromatic N) is 1. The van der Waals surface area contributed by atoms with Gasteiger partial charge in [-0.2, -0.15) is 5.26 Å². The Kier molecular flexibility index (Phi) is 3.06. The fourth-order valence-corrected chi connectivity index (χ4v) is 1.24. The van der Waals surface area contributed by atoms with Crippen LogP contribution in [-0.4, -0.2) is 5.50 Å². The van der Waals surface area contributed by atoms with Crippen molar-refractivity contribution in [2.45, 2.75) is 10.4 Å².